The lowest BCUT2D eigenvalue weighted by Crippen LogP contribution is -1.99. The molecule has 1 unspecified atom stereocenters. The normalized spacial score (nSPS) is 12.9. The Kier molecular flexibility index (Phi) is 3.40. The first-order chi connectivity index (χ1) is 6.16. The Morgan fingerprint density at radius 3 is 2.62 bits per heavy atom. The number of benzene rings is 1. The minimum atomic E-state index is -0.750. The molecule has 2 heteroatoms. The van der Waals surface area contributed by atoms with Crippen molar-refractivity contribution in [2.45, 2.75) is 32.6 Å². The summed E-state index contributed by atoms with van der Waals surface area (Å²) in [6.45, 7) is 3.95. The van der Waals surface area contributed by atoms with Crippen LogP contribution in [-0.4, -0.2) is 0 Å². The fourth-order valence-corrected chi connectivity index (χ4v) is 1.49. The van der Waals surface area contributed by atoms with Gasteiger partial charge in [0, 0.05) is 0 Å². The molecule has 0 aliphatic rings. The standard InChI is InChI=1S/C11H14F2/c1-3-5-8(2)9-6-4-7-10(12)11(9)13/h4,6-8H,3,5H2,1-2H3. The zero-order chi connectivity index (χ0) is 9.84. The molecule has 0 aliphatic carbocycles. The van der Waals surface area contributed by atoms with Gasteiger partial charge in [0.2, 0.25) is 0 Å². The van der Waals surface area contributed by atoms with E-state index in [0.29, 0.717) is 5.56 Å². The highest BCUT2D eigenvalue weighted by atomic mass is 19.2. The fourth-order valence-electron chi connectivity index (χ4n) is 1.49. The number of rotatable bonds is 3. The Bertz CT molecular complexity index is 281. The van der Waals surface area contributed by atoms with Crippen LogP contribution in [0.25, 0.3) is 0 Å². The van der Waals surface area contributed by atoms with Crippen LogP contribution in [-0.2, 0) is 0 Å². The van der Waals surface area contributed by atoms with Gasteiger partial charge in [-0.25, -0.2) is 8.78 Å². The van der Waals surface area contributed by atoms with E-state index in [4.69, 9.17) is 0 Å². The number of hydrogen-bond donors (Lipinski definition) is 0. The highest BCUT2D eigenvalue weighted by molar-refractivity contribution is 5.22. The zero-order valence-electron chi connectivity index (χ0n) is 7.98. The molecule has 1 rings (SSSR count). The largest absolute Gasteiger partial charge is 0.204 e. The van der Waals surface area contributed by atoms with E-state index in [1.807, 2.05) is 13.8 Å². The Morgan fingerprint density at radius 1 is 1.31 bits per heavy atom. The van der Waals surface area contributed by atoms with E-state index in [1.54, 1.807) is 12.1 Å². The summed E-state index contributed by atoms with van der Waals surface area (Å²) in [5.41, 5.74) is 0.488. The molecular formula is C11H14F2. The molecule has 1 aromatic rings. The van der Waals surface area contributed by atoms with Gasteiger partial charge in [-0.3, -0.25) is 0 Å². The molecule has 0 nitrogen and oxygen atoms in total. The van der Waals surface area contributed by atoms with Crippen LogP contribution in [0.5, 0.6) is 0 Å². The Morgan fingerprint density at radius 2 is 2.00 bits per heavy atom. The molecule has 0 amide bonds. The van der Waals surface area contributed by atoms with Crippen molar-refractivity contribution in [1.29, 1.82) is 0 Å². The van der Waals surface area contributed by atoms with Gasteiger partial charge < -0.3 is 0 Å². The minimum absolute atomic E-state index is 0.0979. The second-order valence-corrected chi connectivity index (χ2v) is 3.33. The smallest absolute Gasteiger partial charge is 0.162 e. The lowest BCUT2D eigenvalue weighted by atomic mass is 9.96. The third-order valence-electron chi connectivity index (χ3n) is 2.23. The second-order valence-electron chi connectivity index (χ2n) is 3.33. The molecule has 0 radical (unpaired) electrons. The van der Waals surface area contributed by atoms with Gasteiger partial charge in [0.1, 0.15) is 0 Å². The van der Waals surface area contributed by atoms with Crippen molar-refractivity contribution in [3.63, 3.8) is 0 Å². The molecule has 1 aromatic carbocycles. The van der Waals surface area contributed by atoms with Crippen LogP contribution in [0, 0.1) is 11.6 Å². The molecule has 0 N–H and O–H groups in total. The first-order valence-corrected chi connectivity index (χ1v) is 4.60. The molecule has 0 aliphatic heterocycles. The maximum Gasteiger partial charge on any atom is 0.162 e. The summed E-state index contributed by atoms with van der Waals surface area (Å²) in [6, 6.07) is 4.36. The predicted molar refractivity (Wildman–Crippen MR) is 49.7 cm³/mol. The maximum absolute atomic E-state index is 13.2. The molecule has 0 spiro atoms. The molecule has 13 heavy (non-hydrogen) atoms. The molecule has 0 saturated heterocycles. The first-order valence-electron chi connectivity index (χ1n) is 4.60. The van der Waals surface area contributed by atoms with Crippen molar-refractivity contribution in [2.75, 3.05) is 0 Å². The third kappa shape index (κ3) is 2.27. The van der Waals surface area contributed by atoms with Gasteiger partial charge in [0.15, 0.2) is 11.6 Å². The van der Waals surface area contributed by atoms with Crippen molar-refractivity contribution in [3.8, 4) is 0 Å². The lowest BCUT2D eigenvalue weighted by molar-refractivity contribution is 0.486. The summed E-state index contributed by atoms with van der Waals surface area (Å²) in [7, 11) is 0. The van der Waals surface area contributed by atoms with Crippen molar-refractivity contribution in [3.05, 3.63) is 35.4 Å². The molecule has 72 valence electrons. The van der Waals surface area contributed by atoms with Crippen molar-refractivity contribution in [1.82, 2.24) is 0 Å². The van der Waals surface area contributed by atoms with Gasteiger partial charge in [0.25, 0.3) is 0 Å². The van der Waals surface area contributed by atoms with E-state index >= 15 is 0 Å². The summed E-state index contributed by atoms with van der Waals surface area (Å²) < 4.78 is 26.0. The van der Waals surface area contributed by atoms with Crippen molar-refractivity contribution in [2.24, 2.45) is 0 Å². The van der Waals surface area contributed by atoms with E-state index in [-0.39, 0.29) is 5.92 Å². The van der Waals surface area contributed by atoms with Gasteiger partial charge in [0.05, 0.1) is 0 Å². The van der Waals surface area contributed by atoms with E-state index in [1.165, 1.54) is 0 Å². The van der Waals surface area contributed by atoms with Crippen LogP contribution in [0.3, 0.4) is 0 Å². The van der Waals surface area contributed by atoms with Gasteiger partial charge in [-0.1, -0.05) is 32.4 Å². The molecule has 1 atom stereocenters. The first kappa shape index (κ1) is 10.2. The quantitative estimate of drug-likeness (QED) is 0.669. The van der Waals surface area contributed by atoms with Gasteiger partial charge in [-0.15, -0.1) is 0 Å². The molecule has 0 saturated carbocycles. The van der Waals surface area contributed by atoms with Crippen molar-refractivity contribution >= 4 is 0 Å². The summed E-state index contributed by atoms with van der Waals surface area (Å²) in [6.07, 6.45) is 1.87. The second kappa shape index (κ2) is 4.35. The fraction of sp³-hybridized carbons (Fsp3) is 0.455. The average Bonchev–Trinajstić information content (AvgIpc) is 2.10. The van der Waals surface area contributed by atoms with Crippen LogP contribution >= 0.6 is 0 Å². The Balaban J connectivity index is 2.93. The monoisotopic (exact) mass is 184 g/mol. The lowest BCUT2D eigenvalue weighted by Gasteiger charge is -2.11. The van der Waals surface area contributed by atoms with Crippen LogP contribution < -0.4 is 0 Å². The molecule has 0 aromatic heterocycles. The van der Waals surface area contributed by atoms with E-state index < -0.39 is 11.6 Å². The summed E-state index contributed by atoms with van der Waals surface area (Å²) in [4.78, 5) is 0. The Labute approximate surface area is 77.6 Å². The van der Waals surface area contributed by atoms with E-state index in [9.17, 15) is 8.78 Å². The van der Waals surface area contributed by atoms with Crippen LogP contribution in [0.2, 0.25) is 0 Å². The minimum Gasteiger partial charge on any atom is -0.204 e. The summed E-state index contributed by atoms with van der Waals surface area (Å²) in [5.74, 6) is -1.34. The molecular weight excluding hydrogens is 170 g/mol. The molecule has 0 fully saturated rings. The van der Waals surface area contributed by atoms with Crippen LogP contribution in [0.4, 0.5) is 8.78 Å². The SMILES string of the molecule is CCCC(C)c1cccc(F)c1F. The van der Waals surface area contributed by atoms with Gasteiger partial charge in [-0.05, 0) is 24.0 Å². The van der Waals surface area contributed by atoms with Crippen LogP contribution in [0.1, 0.15) is 38.2 Å². The van der Waals surface area contributed by atoms with Gasteiger partial charge >= 0.3 is 0 Å². The van der Waals surface area contributed by atoms with Crippen molar-refractivity contribution < 1.29 is 8.78 Å². The Hall–Kier alpha value is -0.920. The third-order valence-corrected chi connectivity index (χ3v) is 2.23. The molecule has 0 heterocycles. The number of hydrogen-bond acceptors (Lipinski definition) is 0. The predicted octanol–water partition coefficient (Wildman–Crippen LogP) is 3.87. The van der Waals surface area contributed by atoms with E-state index in [2.05, 4.69) is 0 Å². The molecule has 0 bridgehead atoms. The summed E-state index contributed by atoms with van der Waals surface area (Å²) in [5, 5.41) is 0. The average molecular weight is 184 g/mol. The van der Waals surface area contributed by atoms with Gasteiger partial charge in [-0.2, -0.15) is 0 Å². The number of halogens is 2. The highest BCUT2D eigenvalue weighted by Crippen LogP contribution is 2.24. The van der Waals surface area contributed by atoms with Crippen LogP contribution in [0.15, 0.2) is 18.2 Å². The maximum atomic E-state index is 13.2. The van der Waals surface area contributed by atoms with E-state index in [0.717, 1.165) is 18.9 Å². The summed E-state index contributed by atoms with van der Waals surface area (Å²) >= 11 is 0. The zero-order valence-corrected chi connectivity index (χ0v) is 7.98. The highest BCUT2D eigenvalue weighted by Gasteiger charge is 2.12. The topological polar surface area (TPSA) is 0 Å².